The maximum Gasteiger partial charge on any atom is 0.191 e. The highest BCUT2D eigenvalue weighted by Gasteiger charge is 2.09. The molecule has 2 unspecified atom stereocenters. The number of aromatic nitrogens is 2. The van der Waals surface area contributed by atoms with Crippen molar-refractivity contribution in [3.8, 4) is 0 Å². The van der Waals surface area contributed by atoms with E-state index in [1.165, 1.54) is 0 Å². The first-order valence-corrected chi connectivity index (χ1v) is 8.80. The molecule has 1 aromatic rings. The van der Waals surface area contributed by atoms with E-state index >= 15 is 0 Å². The van der Waals surface area contributed by atoms with Crippen LogP contribution in [0.4, 0.5) is 0 Å². The normalized spacial score (nSPS) is 13.9. The van der Waals surface area contributed by atoms with E-state index in [1.54, 1.807) is 6.20 Å². The van der Waals surface area contributed by atoms with Gasteiger partial charge in [0.05, 0.1) is 0 Å². The molecule has 0 aliphatic carbocycles. The van der Waals surface area contributed by atoms with Crippen molar-refractivity contribution in [2.24, 2.45) is 16.8 Å². The Bertz CT molecular complexity index is 419. The Labute approximate surface area is 163 Å². The Balaban J connectivity index is 0.00000529. The van der Waals surface area contributed by atoms with Crippen LogP contribution in [0.25, 0.3) is 0 Å². The van der Waals surface area contributed by atoms with E-state index in [0.717, 1.165) is 51.4 Å². The number of nitrogens with one attached hydrogen (secondary N) is 2. The minimum Gasteiger partial charge on any atom is -0.396 e. The lowest BCUT2D eigenvalue weighted by Gasteiger charge is -2.18. The summed E-state index contributed by atoms with van der Waals surface area (Å²) in [6.45, 7) is 10.0. The Morgan fingerprint density at radius 3 is 2.67 bits per heavy atom. The van der Waals surface area contributed by atoms with E-state index in [4.69, 9.17) is 5.11 Å². The molecule has 3 N–H and O–H groups in total. The molecule has 0 aromatic carbocycles. The van der Waals surface area contributed by atoms with Gasteiger partial charge in [-0.05, 0) is 37.7 Å². The van der Waals surface area contributed by atoms with Crippen molar-refractivity contribution in [1.29, 1.82) is 0 Å². The lowest BCUT2D eigenvalue weighted by Crippen LogP contribution is -2.40. The molecule has 7 heteroatoms. The van der Waals surface area contributed by atoms with Crippen molar-refractivity contribution < 1.29 is 5.11 Å². The number of hydrogen-bond acceptors (Lipinski definition) is 3. The van der Waals surface area contributed by atoms with Gasteiger partial charge in [-0.2, -0.15) is 5.10 Å². The first kappa shape index (κ1) is 23.2. The molecule has 0 fully saturated rings. The second-order valence-electron chi connectivity index (χ2n) is 6.10. The van der Waals surface area contributed by atoms with Crippen LogP contribution >= 0.6 is 24.0 Å². The Morgan fingerprint density at radius 1 is 1.29 bits per heavy atom. The molecule has 0 spiro atoms. The molecule has 6 nitrogen and oxygen atoms in total. The number of halogens is 1. The fraction of sp³-hybridized carbons (Fsp3) is 0.765. The summed E-state index contributed by atoms with van der Waals surface area (Å²) < 4.78 is 1.94. The summed E-state index contributed by atoms with van der Waals surface area (Å²) in [5.74, 6) is 1.78. The molecule has 24 heavy (non-hydrogen) atoms. The third-order valence-corrected chi connectivity index (χ3v) is 3.76. The molecule has 0 radical (unpaired) electrons. The summed E-state index contributed by atoms with van der Waals surface area (Å²) in [6, 6.07) is 1.94. The highest BCUT2D eigenvalue weighted by molar-refractivity contribution is 14.0. The lowest BCUT2D eigenvalue weighted by molar-refractivity contribution is 0.251. The third kappa shape index (κ3) is 10.1. The van der Waals surface area contributed by atoms with E-state index < -0.39 is 0 Å². The zero-order chi connectivity index (χ0) is 16.9. The van der Waals surface area contributed by atoms with E-state index in [2.05, 4.69) is 41.5 Å². The van der Waals surface area contributed by atoms with Crippen LogP contribution in [0.1, 0.15) is 40.0 Å². The van der Waals surface area contributed by atoms with E-state index in [1.807, 2.05) is 16.9 Å². The van der Waals surface area contributed by atoms with Gasteiger partial charge in [0.15, 0.2) is 5.96 Å². The van der Waals surface area contributed by atoms with Gasteiger partial charge in [0, 0.05) is 45.2 Å². The second kappa shape index (κ2) is 14.5. The van der Waals surface area contributed by atoms with E-state index in [9.17, 15) is 0 Å². The standard InChI is InChI=1S/C17H33N5O.HI/c1-4-7-16(8-11-23)13-20-17(18-5-2)19-12-15(3)14-22-10-6-9-21-22;/h6,9-10,15-16,23H,4-5,7-8,11-14H2,1-3H3,(H2,18,19,20);1H. The average Bonchev–Trinajstić information content (AvgIpc) is 3.03. The SMILES string of the molecule is CCCC(CCO)CNC(=NCC(C)Cn1cccn1)NCC.I. The first-order valence-electron chi connectivity index (χ1n) is 8.80. The number of aliphatic hydroxyl groups excluding tert-OH is 1. The largest absolute Gasteiger partial charge is 0.396 e. The molecular formula is C17H34IN5O. The Morgan fingerprint density at radius 2 is 2.08 bits per heavy atom. The van der Waals surface area contributed by atoms with E-state index in [-0.39, 0.29) is 30.6 Å². The van der Waals surface area contributed by atoms with Crippen molar-refractivity contribution in [1.82, 2.24) is 20.4 Å². The predicted octanol–water partition coefficient (Wildman–Crippen LogP) is 2.49. The van der Waals surface area contributed by atoms with Gasteiger partial charge in [-0.3, -0.25) is 9.67 Å². The monoisotopic (exact) mass is 451 g/mol. The average molecular weight is 451 g/mol. The van der Waals surface area contributed by atoms with Crippen LogP contribution in [0.5, 0.6) is 0 Å². The van der Waals surface area contributed by atoms with Crippen LogP contribution in [-0.2, 0) is 6.54 Å². The van der Waals surface area contributed by atoms with Crippen molar-refractivity contribution >= 4 is 29.9 Å². The Kier molecular flexibility index (Phi) is 14.0. The van der Waals surface area contributed by atoms with Gasteiger partial charge in [0.1, 0.15) is 0 Å². The fourth-order valence-corrected chi connectivity index (χ4v) is 2.55. The maximum absolute atomic E-state index is 9.15. The number of guanidine groups is 1. The van der Waals surface area contributed by atoms with Gasteiger partial charge >= 0.3 is 0 Å². The molecule has 1 aromatic heterocycles. The summed E-state index contributed by atoms with van der Waals surface area (Å²) in [5, 5.41) is 20.1. The molecule has 140 valence electrons. The van der Waals surface area contributed by atoms with Gasteiger partial charge in [0.25, 0.3) is 0 Å². The molecule has 1 heterocycles. The van der Waals surface area contributed by atoms with Gasteiger partial charge < -0.3 is 15.7 Å². The van der Waals surface area contributed by atoms with Crippen LogP contribution in [0.3, 0.4) is 0 Å². The molecule has 0 bridgehead atoms. The predicted molar refractivity (Wildman–Crippen MR) is 111 cm³/mol. The van der Waals surface area contributed by atoms with Crippen LogP contribution in [0, 0.1) is 11.8 Å². The Hall–Kier alpha value is -0.830. The van der Waals surface area contributed by atoms with Crippen molar-refractivity contribution in [3.63, 3.8) is 0 Å². The molecule has 0 saturated carbocycles. The van der Waals surface area contributed by atoms with Crippen molar-refractivity contribution in [3.05, 3.63) is 18.5 Å². The summed E-state index contributed by atoms with van der Waals surface area (Å²) in [7, 11) is 0. The topological polar surface area (TPSA) is 74.5 Å². The highest BCUT2D eigenvalue weighted by atomic mass is 127. The smallest absolute Gasteiger partial charge is 0.191 e. The van der Waals surface area contributed by atoms with Gasteiger partial charge in [-0.25, -0.2) is 0 Å². The number of aliphatic hydroxyl groups is 1. The van der Waals surface area contributed by atoms with Gasteiger partial charge in [-0.15, -0.1) is 24.0 Å². The van der Waals surface area contributed by atoms with Crippen molar-refractivity contribution in [2.45, 2.75) is 46.6 Å². The lowest BCUT2D eigenvalue weighted by atomic mass is 10.0. The quantitative estimate of drug-likeness (QED) is 0.275. The van der Waals surface area contributed by atoms with E-state index in [0.29, 0.717) is 11.8 Å². The molecular weight excluding hydrogens is 417 g/mol. The minimum absolute atomic E-state index is 0. The molecule has 0 aliphatic rings. The third-order valence-electron chi connectivity index (χ3n) is 3.76. The molecule has 0 aliphatic heterocycles. The van der Waals surface area contributed by atoms with Crippen LogP contribution < -0.4 is 10.6 Å². The number of hydrogen-bond donors (Lipinski definition) is 3. The van der Waals surface area contributed by atoms with Crippen LogP contribution in [0.2, 0.25) is 0 Å². The molecule has 2 atom stereocenters. The maximum atomic E-state index is 9.15. The van der Waals surface area contributed by atoms with Gasteiger partial charge in [-0.1, -0.05) is 20.3 Å². The molecule has 0 amide bonds. The fourth-order valence-electron chi connectivity index (χ4n) is 2.55. The zero-order valence-corrected chi connectivity index (χ0v) is 17.6. The number of nitrogens with zero attached hydrogens (tertiary/aromatic N) is 3. The second-order valence-corrected chi connectivity index (χ2v) is 6.10. The first-order chi connectivity index (χ1) is 11.2. The van der Waals surface area contributed by atoms with Crippen LogP contribution in [0.15, 0.2) is 23.5 Å². The summed E-state index contributed by atoms with van der Waals surface area (Å²) in [5.41, 5.74) is 0. The summed E-state index contributed by atoms with van der Waals surface area (Å²) in [4.78, 5) is 4.68. The van der Waals surface area contributed by atoms with Gasteiger partial charge in [0.2, 0.25) is 0 Å². The minimum atomic E-state index is 0. The van der Waals surface area contributed by atoms with Crippen molar-refractivity contribution in [2.75, 3.05) is 26.2 Å². The summed E-state index contributed by atoms with van der Waals surface area (Å²) >= 11 is 0. The van der Waals surface area contributed by atoms with Crippen LogP contribution in [-0.4, -0.2) is 47.1 Å². The number of aliphatic imine (C=N–C) groups is 1. The molecule has 0 saturated heterocycles. The summed E-state index contributed by atoms with van der Waals surface area (Å²) in [6.07, 6.45) is 6.89. The highest BCUT2D eigenvalue weighted by Crippen LogP contribution is 2.09. The number of rotatable bonds is 11. The zero-order valence-electron chi connectivity index (χ0n) is 15.2. The molecule has 1 rings (SSSR count).